The topological polar surface area (TPSA) is 55.1 Å². The molecule has 0 heterocycles. The monoisotopic (exact) mass is 270 g/mol. The Kier molecular flexibility index (Phi) is 5.20. The van der Waals surface area contributed by atoms with E-state index in [2.05, 4.69) is 17.2 Å². The zero-order chi connectivity index (χ0) is 14.4. The van der Waals surface area contributed by atoms with Gasteiger partial charge < -0.3 is 11.1 Å². The maximum Gasteiger partial charge on any atom is 0.251 e. The zero-order valence-electron chi connectivity index (χ0n) is 12.0. The molecule has 1 fully saturated rings. The van der Waals surface area contributed by atoms with Crippen molar-refractivity contribution >= 4 is 5.91 Å². The van der Waals surface area contributed by atoms with Gasteiger partial charge in [0.05, 0.1) is 6.54 Å². The summed E-state index contributed by atoms with van der Waals surface area (Å²) >= 11 is 0. The Morgan fingerprint density at radius 2 is 2.25 bits per heavy atom. The minimum absolute atomic E-state index is 0.00491. The Labute approximate surface area is 120 Å². The number of carbonyl (C=O) groups excluding carboxylic acids is 1. The number of nitrogens with one attached hydrogen (secondary N) is 1. The van der Waals surface area contributed by atoms with Crippen LogP contribution in [0, 0.1) is 24.7 Å². The number of benzene rings is 1. The molecule has 3 nitrogen and oxygen atoms in total. The Bertz CT molecular complexity index is 536. The molecule has 1 aromatic rings. The SMILES string of the molecule is Cc1c(C#CCN)cccc1C(=O)NCCCC1CC1. The standard InChI is InChI=1S/C17H22N2O/c1-13-15(7-3-11-18)6-2-8-16(13)17(20)19-12-4-5-14-9-10-14/h2,6,8,14H,4-5,9-12,18H2,1H3,(H,19,20). The second-order valence-corrected chi connectivity index (χ2v) is 5.33. The molecule has 1 saturated carbocycles. The summed E-state index contributed by atoms with van der Waals surface area (Å²) < 4.78 is 0. The molecular weight excluding hydrogens is 248 g/mol. The maximum atomic E-state index is 12.2. The van der Waals surface area contributed by atoms with Gasteiger partial charge >= 0.3 is 0 Å². The van der Waals surface area contributed by atoms with Crippen LogP contribution in [-0.2, 0) is 0 Å². The van der Waals surface area contributed by atoms with E-state index in [0.717, 1.165) is 30.0 Å². The molecule has 1 amide bonds. The van der Waals surface area contributed by atoms with Gasteiger partial charge in [0.15, 0.2) is 0 Å². The number of nitrogens with two attached hydrogens (primary N) is 1. The first-order valence-electron chi connectivity index (χ1n) is 7.29. The van der Waals surface area contributed by atoms with E-state index in [-0.39, 0.29) is 5.91 Å². The van der Waals surface area contributed by atoms with Gasteiger partial charge in [-0.3, -0.25) is 4.79 Å². The largest absolute Gasteiger partial charge is 0.352 e. The number of hydrogen-bond donors (Lipinski definition) is 2. The van der Waals surface area contributed by atoms with Crippen LogP contribution >= 0.6 is 0 Å². The molecule has 0 atom stereocenters. The molecule has 0 bridgehead atoms. The van der Waals surface area contributed by atoms with Crippen molar-refractivity contribution in [3.8, 4) is 11.8 Å². The van der Waals surface area contributed by atoms with Crippen LogP contribution in [0.25, 0.3) is 0 Å². The summed E-state index contributed by atoms with van der Waals surface area (Å²) in [5.41, 5.74) is 7.89. The van der Waals surface area contributed by atoms with E-state index < -0.39 is 0 Å². The van der Waals surface area contributed by atoms with Crippen LogP contribution in [0.1, 0.15) is 47.2 Å². The summed E-state index contributed by atoms with van der Waals surface area (Å²) in [7, 11) is 0. The molecule has 106 valence electrons. The smallest absolute Gasteiger partial charge is 0.251 e. The fourth-order valence-corrected chi connectivity index (χ4v) is 2.26. The average Bonchev–Trinajstić information content (AvgIpc) is 3.26. The van der Waals surface area contributed by atoms with Crippen molar-refractivity contribution < 1.29 is 4.79 Å². The zero-order valence-corrected chi connectivity index (χ0v) is 12.0. The lowest BCUT2D eigenvalue weighted by molar-refractivity contribution is 0.0952. The van der Waals surface area contributed by atoms with E-state index in [4.69, 9.17) is 5.73 Å². The van der Waals surface area contributed by atoms with Crippen molar-refractivity contribution in [2.75, 3.05) is 13.1 Å². The molecule has 1 aromatic carbocycles. The van der Waals surface area contributed by atoms with E-state index in [0.29, 0.717) is 12.1 Å². The molecule has 0 unspecified atom stereocenters. The third-order valence-corrected chi connectivity index (χ3v) is 3.68. The summed E-state index contributed by atoms with van der Waals surface area (Å²) in [6.45, 7) is 3.02. The van der Waals surface area contributed by atoms with Gasteiger partial charge in [0, 0.05) is 17.7 Å². The molecule has 20 heavy (non-hydrogen) atoms. The van der Waals surface area contributed by atoms with Gasteiger partial charge in [-0.2, -0.15) is 0 Å². The fraction of sp³-hybridized carbons (Fsp3) is 0.471. The third-order valence-electron chi connectivity index (χ3n) is 3.68. The fourth-order valence-electron chi connectivity index (χ4n) is 2.26. The van der Waals surface area contributed by atoms with Crippen molar-refractivity contribution in [3.05, 3.63) is 34.9 Å². The Morgan fingerprint density at radius 1 is 1.45 bits per heavy atom. The Balaban J connectivity index is 1.94. The number of carbonyl (C=O) groups is 1. The molecule has 0 aromatic heterocycles. The third kappa shape index (κ3) is 4.11. The average molecular weight is 270 g/mol. The van der Waals surface area contributed by atoms with E-state index in [1.165, 1.54) is 19.3 Å². The molecule has 3 N–H and O–H groups in total. The minimum Gasteiger partial charge on any atom is -0.352 e. The first-order chi connectivity index (χ1) is 9.72. The highest BCUT2D eigenvalue weighted by Crippen LogP contribution is 2.33. The van der Waals surface area contributed by atoms with Crippen LogP contribution in [0.5, 0.6) is 0 Å². The maximum absolute atomic E-state index is 12.2. The molecule has 0 radical (unpaired) electrons. The highest BCUT2D eigenvalue weighted by molar-refractivity contribution is 5.96. The van der Waals surface area contributed by atoms with Gasteiger partial charge in [-0.25, -0.2) is 0 Å². The summed E-state index contributed by atoms with van der Waals surface area (Å²) in [4.78, 5) is 12.2. The number of hydrogen-bond acceptors (Lipinski definition) is 2. The van der Waals surface area contributed by atoms with Crippen LogP contribution in [-0.4, -0.2) is 19.0 Å². The first kappa shape index (κ1) is 14.6. The van der Waals surface area contributed by atoms with Crippen molar-refractivity contribution in [2.45, 2.75) is 32.6 Å². The quantitative estimate of drug-likeness (QED) is 0.637. The van der Waals surface area contributed by atoms with Gasteiger partial charge in [0.2, 0.25) is 0 Å². The molecule has 3 heteroatoms. The van der Waals surface area contributed by atoms with Crippen molar-refractivity contribution in [3.63, 3.8) is 0 Å². The van der Waals surface area contributed by atoms with Crippen molar-refractivity contribution in [1.29, 1.82) is 0 Å². The Morgan fingerprint density at radius 3 is 2.95 bits per heavy atom. The van der Waals surface area contributed by atoms with Gasteiger partial charge in [-0.15, -0.1) is 0 Å². The molecule has 0 aliphatic heterocycles. The lowest BCUT2D eigenvalue weighted by Gasteiger charge is -2.09. The predicted molar refractivity (Wildman–Crippen MR) is 81.4 cm³/mol. The predicted octanol–water partition coefficient (Wildman–Crippen LogP) is 2.23. The van der Waals surface area contributed by atoms with E-state index in [1.807, 2.05) is 25.1 Å². The normalized spacial score (nSPS) is 13.5. The molecule has 1 aliphatic carbocycles. The van der Waals surface area contributed by atoms with Crippen LogP contribution in [0.15, 0.2) is 18.2 Å². The van der Waals surface area contributed by atoms with Crippen LogP contribution in [0.4, 0.5) is 0 Å². The summed E-state index contributed by atoms with van der Waals surface area (Å²) in [5.74, 6) is 6.75. The summed E-state index contributed by atoms with van der Waals surface area (Å²) in [5, 5.41) is 2.99. The van der Waals surface area contributed by atoms with Crippen LogP contribution in [0.2, 0.25) is 0 Å². The minimum atomic E-state index is -0.00491. The number of amides is 1. The molecule has 1 aliphatic rings. The van der Waals surface area contributed by atoms with Gasteiger partial charge in [0.1, 0.15) is 0 Å². The van der Waals surface area contributed by atoms with E-state index in [9.17, 15) is 4.79 Å². The number of rotatable bonds is 5. The lowest BCUT2D eigenvalue weighted by atomic mass is 10.0. The molecule has 0 saturated heterocycles. The molecule has 2 rings (SSSR count). The van der Waals surface area contributed by atoms with Crippen molar-refractivity contribution in [2.24, 2.45) is 11.7 Å². The second-order valence-electron chi connectivity index (χ2n) is 5.33. The van der Waals surface area contributed by atoms with E-state index in [1.54, 1.807) is 0 Å². The lowest BCUT2D eigenvalue weighted by Crippen LogP contribution is -2.25. The van der Waals surface area contributed by atoms with Crippen molar-refractivity contribution in [1.82, 2.24) is 5.32 Å². The highest BCUT2D eigenvalue weighted by atomic mass is 16.1. The second kappa shape index (κ2) is 7.12. The summed E-state index contributed by atoms with van der Waals surface area (Å²) in [6.07, 6.45) is 5.05. The molecular formula is C17H22N2O. The van der Waals surface area contributed by atoms with Gasteiger partial charge in [-0.1, -0.05) is 30.7 Å². The highest BCUT2D eigenvalue weighted by Gasteiger charge is 2.20. The van der Waals surface area contributed by atoms with E-state index >= 15 is 0 Å². The first-order valence-corrected chi connectivity index (χ1v) is 7.29. The summed E-state index contributed by atoms with van der Waals surface area (Å²) in [6, 6.07) is 5.63. The molecule has 0 spiro atoms. The van der Waals surface area contributed by atoms with Gasteiger partial charge in [0.25, 0.3) is 5.91 Å². The Hall–Kier alpha value is -1.79. The van der Waals surface area contributed by atoms with Crippen LogP contribution in [0.3, 0.4) is 0 Å². The van der Waals surface area contributed by atoms with Gasteiger partial charge in [-0.05, 0) is 43.4 Å². The van der Waals surface area contributed by atoms with Crippen LogP contribution < -0.4 is 11.1 Å².